The van der Waals surface area contributed by atoms with Crippen molar-refractivity contribution in [3.05, 3.63) is 52.7 Å². The van der Waals surface area contributed by atoms with E-state index in [4.69, 9.17) is 4.74 Å². The average Bonchev–Trinajstić information content (AvgIpc) is 3.00. The molecule has 2 aromatic rings. The first-order chi connectivity index (χ1) is 11.0. The van der Waals surface area contributed by atoms with Crippen molar-refractivity contribution in [2.24, 2.45) is 0 Å². The van der Waals surface area contributed by atoms with Gasteiger partial charge >= 0.3 is 0 Å². The highest BCUT2D eigenvalue weighted by Gasteiger charge is 2.28. The van der Waals surface area contributed by atoms with Crippen LogP contribution in [0.5, 0.6) is 5.88 Å². The smallest absolute Gasteiger partial charge is 0.253 e. The second-order valence-corrected chi connectivity index (χ2v) is 6.09. The van der Waals surface area contributed by atoms with Gasteiger partial charge in [0.25, 0.3) is 5.91 Å². The predicted octanol–water partition coefficient (Wildman–Crippen LogP) is 2.70. The molecular formula is C18H21N3O2. The summed E-state index contributed by atoms with van der Waals surface area (Å²) in [4.78, 5) is 14.4. The van der Waals surface area contributed by atoms with Gasteiger partial charge in [0.2, 0.25) is 5.88 Å². The van der Waals surface area contributed by atoms with E-state index in [2.05, 4.69) is 10.2 Å². The number of nitrogens with zero attached hydrogens (tertiary/aromatic N) is 3. The van der Waals surface area contributed by atoms with Crippen molar-refractivity contribution in [2.45, 2.75) is 33.3 Å². The fourth-order valence-electron chi connectivity index (χ4n) is 2.69. The maximum absolute atomic E-state index is 12.6. The van der Waals surface area contributed by atoms with E-state index < -0.39 is 0 Å². The minimum absolute atomic E-state index is 0.0255. The maximum Gasteiger partial charge on any atom is 0.253 e. The van der Waals surface area contributed by atoms with Crippen LogP contribution in [0.25, 0.3) is 0 Å². The molecule has 1 aliphatic rings. The highest BCUT2D eigenvalue weighted by molar-refractivity contribution is 5.94. The number of carbonyl (C=O) groups is 1. The zero-order valence-corrected chi connectivity index (χ0v) is 13.7. The molecule has 1 aliphatic heterocycles. The number of aryl methyl sites for hydroxylation is 3. The summed E-state index contributed by atoms with van der Waals surface area (Å²) in [5.41, 5.74) is 3.93. The van der Waals surface area contributed by atoms with Gasteiger partial charge in [0.05, 0.1) is 12.2 Å². The molecule has 0 saturated carbocycles. The Balaban J connectivity index is 1.63. The van der Waals surface area contributed by atoms with E-state index >= 15 is 0 Å². The third kappa shape index (κ3) is 3.50. The van der Waals surface area contributed by atoms with Crippen molar-refractivity contribution in [1.82, 2.24) is 15.1 Å². The van der Waals surface area contributed by atoms with E-state index in [0.29, 0.717) is 19.0 Å². The number of ether oxygens (including phenoxy) is 1. The molecule has 0 spiro atoms. The van der Waals surface area contributed by atoms with Gasteiger partial charge in [-0.05, 0) is 50.1 Å². The Labute approximate surface area is 136 Å². The maximum atomic E-state index is 12.6. The number of hydrogen-bond donors (Lipinski definition) is 0. The molecule has 0 N–H and O–H groups in total. The van der Waals surface area contributed by atoms with Crippen LogP contribution >= 0.6 is 0 Å². The number of hydrogen-bond acceptors (Lipinski definition) is 4. The molecule has 2 heterocycles. The predicted molar refractivity (Wildman–Crippen MR) is 87.6 cm³/mol. The molecule has 0 aliphatic carbocycles. The van der Waals surface area contributed by atoms with Gasteiger partial charge in [-0.2, -0.15) is 5.10 Å². The molecule has 1 atom stereocenters. The van der Waals surface area contributed by atoms with Gasteiger partial charge in [-0.15, -0.1) is 5.10 Å². The van der Waals surface area contributed by atoms with E-state index in [-0.39, 0.29) is 12.0 Å². The van der Waals surface area contributed by atoms with Crippen molar-refractivity contribution in [3.8, 4) is 5.88 Å². The first-order valence-corrected chi connectivity index (χ1v) is 7.86. The van der Waals surface area contributed by atoms with Crippen LogP contribution in [0.1, 0.15) is 33.6 Å². The molecular weight excluding hydrogens is 290 g/mol. The highest BCUT2D eigenvalue weighted by Crippen LogP contribution is 2.19. The SMILES string of the molecule is Cc1ccc(OC2CCN(C(=O)c3ccc(C)c(C)c3)C2)nn1. The van der Waals surface area contributed by atoms with Crippen LogP contribution in [0, 0.1) is 20.8 Å². The summed E-state index contributed by atoms with van der Waals surface area (Å²) in [6.45, 7) is 7.25. The third-order valence-corrected chi connectivity index (χ3v) is 4.25. The van der Waals surface area contributed by atoms with Gasteiger partial charge in [0.15, 0.2) is 0 Å². The molecule has 0 radical (unpaired) electrons. The number of rotatable bonds is 3. The summed E-state index contributed by atoms with van der Waals surface area (Å²) in [5.74, 6) is 0.579. The van der Waals surface area contributed by atoms with E-state index in [0.717, 1.165) is 23.2 Å². The second kappa shape index (κ2) is 6.36. The van der Waals surface area contributed by atoms with Crippen LogP contribution in [0.3, 0.4) is 0 Å². The Kier molecular flexibility index (Phi) is 4.28. The third-order valence-electron chi connectivity index (χ3n) is 4.25. The van der Waals surface area contributed by atoms with Gasteiger partial charge in [-0.1, -0.05) is 6.07 Å². The van der Waals surface area contributed by atoms with Gasteiger partial charge in [0.1, 0.15) is 6.10 Å². The summed E-state index contributed by atoms with van der Waals surface area (Å²) in [5, 5.41) is 8.00. The monoisotopic (exact) mass is 311 g/mol. The summed E-state index contributed by atoms with van der Waals surface area (Å²) in [7, 11) is 0. The van der Waals surface area contributed by atoms with E-state index in [9.17, 15) is 4.79 Å². The lowest BCUT2D eigenvalue weighted by Gasteiger charge is -2.17. The molecule has 1 amide bonds. The van der Waals surface area contributed by atoms with Crippen LogP contribution in [-0.4, -0.2) is 40.2 Å². The second-order valence-electron chi connectivity index (χ2n) is 6.09. The molecule has 1 saturated heterocycles. The van der Waals surface area contributed by atoms with Crippen LogP contribution in [0.2, 0.25) is 0 Å². The first kappa shape index (κ1) is 15.5. The Bertz CT molecular complexity index is 713. The van der Waals surface area contributed by atoms with Gasteiger partial charge in [0, 0.05) is 24.6 Å². The number of likely N-dealkylation sites (tertiary alicyclic amines) is 1. The van der Waals surface area contributed by atoms with Crippen LogP contribution < -0.4 is 4.74 Å². The number of carbonyl (C=O) groups excluding carboxylic acids is 1. The highest BCUT2D eigenvalue weighted by atomic mass is 16.5. The quantitative estimate of drug-likeness (QED) is 0.874. The van der Waals surface area contributed by atoms with Gasteiger partial charge < -0.3 is 9.64 Å². The molecule has 5 heteroatoms. The Morgan fingerprint density at radius 3 is 2.65 bits per heavy atom. The molecule has 23 heavy (non-hydrogen) atoms. The first-order valence-electron chi connectivity index (χ1n) is 7.86. The summed E-state index contributed by atoms with van der Waals surface area (Å²) < 4.78 is 5.82. The van der Waals surface area contributed by atoms with Crippen molar-refractivity contribution < 1.29 is 9.53 Å². The molecule has 1 aromatic carbocycles. The zero-order valence-electron chi connectivity index (χ0n) is 13.7. The lowest BCUT2D eigenvalue weighted by molar-refractivity contribution is 0.0771. The zero-order chi connectivity index (χ0) is 16.4. The van der Waals surface area contributed by atoms with Gasteiger partial charge in [-0.25, -0.2) is 0 Å². The Hall–Kier alpha value is -2.43. The van der Waals surface area contributed by atoms with Crippen molar-refractivity contribution in [3.63, 3.8) is 0 Å². The minimum atomic E-state index is -0.0255. The lowest BCUT2D eigenvalue weighted by Crippen LogP contribution is -2.31. The van der Waals surface area contributed by atoms with Crippen LogP contribution in [0.15, 0.2) is 30.3 Å². The van der Waals surface area contributed by atoms with E-state index in [1.165, 1.54) is 5.56 Å². The summed E-state index contributed by atoms with van der Waals surface area (Å²) in [6.07, 6.45) is 0.786. The lowest BCUT2D eigenvalue weighted by atomic mass is 10.1. The van der Waals surface area contributed by atoms with Crippen molar-refractivity contribution in [2.75, 3.05) is 13.1 Å². The molecule has 1 unspecified atom stereocenters. The van der Waals surface area contributed by atoms with Crippen molar-refractivity contribution >= 4 is 5.91 Å². The molecule has 5 nitrogen and oxygen atoms in total. The fraction of sp³-hybridized carbons (Fsp3) is 0.389. The normalized spacial score (nSPS) is 17.3. The number of benzene rings is 1. The summed E-state index contributed by atoms with van der Waals surface area (Å²) in [6, 6.07) is 9.53. The van der Waals surface area contributed by atoms with E-state index in [1.807, 2.05) is 56.0 Å². The fourth-order valence-corrected chi connectivity index (χ4v) is 2.69. The van der Waals surface area contributed by atoms with Crippen LogP contribution in [-0.2, 0) is 0 Å². The molecule has 1 aromatic heterocycles. The van der Waals surface area contributed by atoms with Crippen molar-refractivity contribution in [1.29, 1.82) is 0 Å². The summed E-state index contributed by atoms with van der Waals surface area (Å²) >= 11 is 0. The molecule has 3 rings (SSSR count). The standard InChI is InChI=1S/C18H21N3O2/c1-12-4-6-15(10-13(12)2)18(22)21-9-8-16(11-21)23-17-7-5-14(3)19-20-17/h4-7,10,16H,8-9,11H2,1-3H3. The Morgan fingerprint density at radius 2 is 1.96 bits per heavy atom. The molecule has 120 valence electrons. The topological polar surface area (TPSA) is 55.3 Å². The molecule has 1 fully saturated rings. The average molecular weight is 311 g/mol. The molecule has 0 bridgehead atoms. The number of aromatic nitrogens is 2. The largest absolute Gasteiger partial charge is 0.471 e. The Morgan fingerprint density at radius 1 is 1.13 bits per heavy atom. The van der Waals surface area contributed by atoms with E-state index in [1.54, 1.807) is 0 Å². The van der Waals surface area contributed by atoms with Crippen LogP contribution in [0.4, 0.5) is 0 Å². The minimum Gasteiger partial charge on any atom is -0.471 e. The van der Waals surface area contributed by atoms with Gasteiger partial charge in [-0.3, -0.25) is 4.79 Å². The number of amides is 1.